The van der Waals surface area contributed by atoms with Crippen molar-refractivity contribution >= 4 is 27.3 Å². The largest absolute Gasteiger partial charge is 0.482 e. The van der Waals surface area contributed by atoms with E-state index in [0.717, 1.165) is 26.5 Å². The highest BCUT2D eigenvalue weighted by atomic mass is 32.1. The van der Waals surface area contributed by atoms with E-state index in [4.69, 9.17) is 4.74 Å². The molecule has 2 heterocycles. The Bertz CT molecular complexity index is 766. The lowest BCUT2D eigenvalue weighted by Gasteiger charge is -2.07. The minimum absolute atomic E-state index is 0.102. The van der Waals surface area contributed by atoms with Gasteiger partial charge in [-0.1, -0.05) is 30.3 Å². The third kappa shape index (κ3) is 2.32. The van der Waals surface area contributed by atoms with Crippen LogP contribution in [0.25, 0.3) is 10.2 Å². The van der Waals surface area contributed by atoms with Gasteiger partial charge < -0.3 is 4.74 Å². The molecular weight excluding hydrogens is 282 g/mol. The van der Waals surface area contributed by atoms with Crippen molar-refractivity contribution in [3.8, 4) is 5.75 Å². The first-order chi connectivity index (χ1) is 10.3. The van der Waals surface area contributed by atoms with E-state index in [0.29, 0.717) is 12.8 Å². The molecule has 0 radical (unpaired) electrons. The maximum Gasteiger partial charge on any atom is 0.180 e. The predicted molar refractivity (Wildman–Crippen MR) is 82.9 cm³/mol. The Morgan fingerprint density at radius 2 is 2.00 bits per heavy atom. The summed E-state index contributed by atoms with van der Waals surface area (Å²) >= 11 is 1.58. The molecule has 1 aromatic heterocycles. The number of fused-ring (bicyclic) bond motifs is 2. The fourth-order valence-corrected chi connectivity index (χ4v) is 3.60. The molecule has 3 nitrogen and oxygen atoms in total. The number of para-hydroxylation sites is 2. The molecule has 4 rings (SSSR count). The molecule has 1 aliphatic heterocycles. The summed E-state index contributed by atoms with van der Waals surface area (Å²) in [5.41, 5.74) is 2.07. The highest BCUT2D eigenvalue weighted by Crippen LogP contribution is 2.29. The van der Waals surface area contributed by atoms with Crippen LogP contribution in [0.3, 0.4) is 0 Å². The van der Waals surface area contributed by atoms with Crippen LogP contribution >= 0.6 is 11.3 Å². The number of ether oxygens (including phenoxy) is 1. The van der Waals surface area contributed by atoms with E-state index in [1.54, 1.807) is 11.3 Å². The molecule has 1 unspecified atom stereocenters. The zero-order valence-electron chi connectivity index (χ0n) is 11.3. The zero-order valence-corrected chi connectivity index (χ0v) is 12.1. The van der Waals surface area contributed by atoms with Crippen LogP contribution in [-0.4, -0.2) is 16.9 Å². The van der Waals surface area contributed by atoms with Crippen LogP contribution in [0.2, 0.25) is 0 Å². The summed E-state index contributed by atoms with van der Waals surface area (Å²) in [6, 6.07) is 15.8. The number of carbonyl (C=O) groups is 1. The maximum absolute atomic E-state index is 12.4. The number of hydrogen-bond donors (Lipinski definition) is 0. The molecule has 104 valence electrons. The van der Waals surface area contributed by atoms with Crippen molar-refractivity contribution < 1.29 is 9.53 Å². The molecule has 0 saturated carbocycles. The van der Waals surface area contributed by atoms with Crippen LogP contribution in [0.1, 0.15) is 10.6 Å². The van der Waals surface area contributed by atoms with Crippen LogP contribution in [0.4, 0.5) is 0 Å². The molecule has 4 heteroatoms. The van der Waals surface area contributed by atoms with Crippen molar-refractivity contribution in [2.75, 3.05) is 0 Å². The standard InChI is InChI=1S/C17H13NO2S/c19-13(15-9-11-5-1-3-7-14(11)20-15)10-17-18-12-6-2-4-8-16(12)21-17/h1-8,15H,9-10H2. The number of nitrogens with zero attached hydrogens (tertiary/aromatic N) is 1. The number of aromatic nitrogens is 1. The second kappa shape index (κ2) is 4.97. The quantitative estimate of drug-likeness (QED) is 0.743. The number of thiazole rings is 1. The monoisotopic (exact) mass is 295 g/mol. The van der Waals surface area contributed by atoms with Gasteiger partial charge in [0.05, 0.1) is 16.6 Å². The van der Waals surface area contributed by atoms with Gasteiger partial charge in [0.25, 0.3) is 0 Å². The van der Waals surface area contributed by atoms with Gasteiger partial charge in [0.2, 0.25) is 0 Å². The molecule has 21 heavy (non-hydrogen) atoms. The Kier molecular flexibility index (Phi) is 2.97. The van der Waals surface area contributed by atoms with Gasteiger partial charge in [0.1, 0.15) is 10.8 Å². The van der Waals surface area contributed by atoms with Gasteiger partial charge in [0.15, 0.2) is 11.9 Å². The molecule has 0 amide bonds. The van der Waals surface area contributed by atoms with E-state index in [1.807, 2.05) is 48.5 Å². The molecule has 1 aliphatic rings. The van der Waals surface area contributed by atoms with Crippen LogP contribution < -0.4 is 4.74 Å². The van der Waals surface area contributed by atoms with Gasteiger partial charge in [-0.2, -0.15) is 0 Å². The number of hydrogen-bond acceptors (Lipinski definition) is 4. The number of Topliss-reactive ketones (excluding diaryl/α,β-unsaturated/α-hetero) is 1. The van der Waals surface area contributed by atoms with E-state index in [9.17, 15) is 4.79 Å². The van der Waals surface area contributed by atoms with E-state index in [2.05, 4.69) is 4.98 Å². The summed E-state index contributed by atoms with van der Waals surface area (Å²) in [6.45, 7) is 0. The molecule has 1 atom stereocenters. The van der Waals surface area contributed by atoms with Gasteiger partial charge >= 0.3 is 0 Å². The summed E-state index contributed by atoms with van der Waals surface area (Å²) in [5, 5.41) is 0.862. The molecule has 0 bridgehead atoms. The maximum atomic E-state index is 12.4. The first kappa shape index (κ1) is 12.5. The van der Waals surface area contributed by atoms with Crippen molar-refractivity contribution in [2.45, 2.75) is 18.9 Å². The van der Waals surface area contributed by atoms with Gasteiger partial charge in [-0.3, -0.25) is 4.79 Å². The lowest BCUT2D eigenvalue weighted by molar-refractivity contribution is -0.124. The highest BCUT2D eigenvalue weighted by Gasteiger charge is 2.29. The van der Waals surface area contributed by atoms with Crippen molar-refractivity contribution in [1.29, 1.82) is 0 Å². The summed E-state index contributed by atoms with van der Waals surface area (Å²) in [7, 11) is 0. The fourth-order valence-electron chi connectivity index (χ4n) is 2.62. The summed E-state index contributed by atoms with van der Waals surface area (Å²) in [4.78, 5) is 16.9. The second-order valence-electron chi connectivity index (χ2n) is 5.14. The minimum atomic E-state index is -0.366. The lowest BCUT2D eigenvalue weighted by atomic mass is 10.1. The Morgan fingerprint density at radius 3 is 2.86 bits per heavy atom. The van der Waals surface area contributed by atoms with Crippen molar-refractivity contribution in [1.82, 2.24) is 4.98 Å². The van der Waals surface area contributed by atoms with E-state index < -0.39 is 0 Å². The summed E-state index contributed by atoms with van der Waals surface area (Å²) in [6.07, 6.45) is 0.646. The molecule has 0 fully saturated rings. The average Bonchev–Trinajstić information content (AvgIpc) is 3.10. The van der Waals surface area contributed by atoms with Crippen molar-refractivity contribution in [3.05, 3.63) is 59.1 Å². The Balaban J connectivity index is 1.52. The molecular formula is C17H13NO2S. The van der Waals surface area contributed by atoms with E-state index in [1.165, 1.54) is 0 Å². The Hall–Kier alpha value is -2.20. The minimum Gasteiger partial charge on any atom is -0.482 e. The second-order valence-corrected chi connectivity index (χ2v) is 6.25. The van der Waals surface area contributed by atoms with Gasteiger partial charge in [0, 0.05) is 6.42 Å². The average molecular weight is 295 g/mol. The first-order valence-electron chi connectivity index (χ1n) is 6.91. The molecule has 0 spiro atoms. The number of carbonyl (C=O) groups excluding carboxylic acids is 1. The number of rotatable bonds is 3. The number of benzene rings is 2. The Labute approximate surface area is 126 Å². The fraction of sp³-hybridized carbons (Fsp3) is 0.176. The third-order valence-corrected chi connectivity index (χ3v) is 4.71. The highest BCUT2D eigenvalue weighted by molar-refractivity contribution is 7.18. The van der Waals surface area contributed by atoms with Crippen LogP contribution in [0, 0.1) is 0 Å². The van der Waals surface area contributed by atoms with Crippen LogP contribution in [-0.2, 0) is 17.6 Å². The van der Waals surface area contributed by atoms with Gasteiger partial charge in [-0.15, -0.1) is 11.3 Å². The summed E-state index contributed by atoms with van der Waals surface area (Å²) in [5.74, 6) is 0.936. The smallest absolute Gasteiger partial charge is 0.180 e. The van der Waals surface area contributed by atoms with E-state index >= 15 is 0 Å². The topological polar surface area (TPSA) is 39.2 Å². The lowest BCUT2D eigenvalue weighted by Crippen LogP contribution is -2.26. The normalized spacial score (nSPS) is 16.7. The van der Waals surface area contributed by atoms with E-state index in [-0.39, 0.29) is 11.9 Å². The van der Waals surface area contributed by atoms with Crippen molar-refractivity contribution in [2.24, 2.45) is 0 Å². The molecule has 0 aliphatic carbocycles. The third-order valence-electron chi connectivity index (χ3n) is 3.67. The van der Waals surface area contributed by atoms with Crippen molar-refractivity contribution in [3.63, 3.8) is 0 Å². The van der Waals surface area contributed by atoms with Gasteiger partial charge in [-0.05, 0) is 23.8 Å². The predicted octanol–water partition coefficient (Wildman–Crippen LogP) is 3.41. The van der Waals surface area contributed by atoms with Crippen LogP contribution in [0.5, 0.6) is 5.75 Å². The molecule has 0 N–H and O–H groups in total. The first-order valence-corrected chi connectivity index (χ1v) is 7.73. The Morgan fingerprint density at radius 1 is 1.19 bits per heavy atom. The SMILES string of the molecule is O=C(Cc1nc2ccccc2s1)C1Cc2ccccc2O1. The van der Waals surface area contributed by atoms with Gasteiger partial charge in [-0.25, -0.2) is 4.98 Å². The molecule has 2 aromatic carbocycles. The molecule has 0 saturated heterocycles. The number of ketones is 1. The van der Waals surface area contributed by atoms with Crippen LogP contribution in [0.15, 0.2) is 48.5 Å². The zero-order chi connectivity index (χ0) is 14.2. The summed E-state index contributed by atoms with van der Waals surface area (Å²) < 4.78 is 6.86. The molecule has 3 aromatic rings.